The molecule has 0 saturated heterocycles. The highest BCUT2D eigenvalue weighted by atomic mass is 35.5. The molecule has 2 N–H and O–H groups in total. The maximum atomic E-state index is 13.3. The van der Waals surface area contributed by atoms with Gasteiger partial charge in [-0.15, -0.1) is 0 Å². The molecule has 0 aliphatic heterocycles. The average Bonchev–Trinajstić information content (AvgIpc) is 3.10. The minimum Gasteiger partial charge on any atom is -0.354 e. The molecule has 2 heterocycles. The van der Waals surface area contributed by atoms with Crippen molar-refractivity contribution in [3.05, 3.63) is 82.7 Å². The Morgan fingerprint density at radius 1 is 1.10 bits per heavy atom. The Labute approximate surface area is 184 Å². The van der Waals surface area contributed by atoms with Gasteiger partial charge in [-0.05, 0) is 55.1 Å². The summed E-state index contributed by atoms with van der Waals surface area (Å²) in [6, 6.07) is 13.8. The van der Waals surface area contributed by atoms with Gasteiger partial charge >= 0.3 is 0 Å². The maximum absolute atomic E-state index is 13.3. The highest BCUT2D eigenvalue weighted by Gasteiger charge is 2.21. The molecule has 0 aliphatic carbocycles. The number of hydrogen-bond donors (Lipinski definition) is 2. The van der Waals surface area contributed by atoms with Crippen molar-refractivity contribution < 1.29 is 8.42 Å². The first-order chi connectivity index (χ1) is 14.4. The van der Waals surface area contributed by atoms with E-state index in [0.717, 1.165) is 10.9 Å². The minimum absolute atomic E-state index is 0.122. The van der Waals surface area contributed by atoms with Crippen molar-refractivity contribution in [3.8, 4) is 0 Å². The van der Waals surface area contributed by atoms with E-state index in [2.05, 4.69) is 15.6 Å². The minimum atomic E-state index is -3.81. The molecule has 0 unspecified atom stereocenters. The van der Waals surface area contributed by atoms with Gasteiger partial charge in [0.2, 0.25) is 0 Å². The van der Waals surface area contributed by atoms with Crippen molar-refractivity contribution in [2.75, 3.05) is 12.4 Å². The largest absolute Gasteiger partial charge is 0.354 e. The second kappa shape index (κ2) is 8.28. The lowest BCUT2D eigenvalue weighted by atomic mass is 10.1. The Bertz CT molecular complexity index is 1320. The highest BCUT2D eigenvalue weighted by molar-refractivity contribution is 7.90. The smallest absolute Gasteiger partial charge is 0.269 e. The molecule has 0 saturated carbocycles. The molecule has 6 nitrogen and oxygen atoms in total. The lowest BCUT2D eigenvalue weighted by Crippen LogP contribution is -2.12. The predicted molar refractivity (Wildman–Crippen MR) is 121 cm³/mol. The van der Waals surface area contributed by atoms with Crippen molar-refractivity contribution in [2.24, 2.45) is 0 Å². The second-order valence-electron chi connectivity index (χ2n) is 6.66. The molecule has 0 radical (unpaired) electrons. The molecule has 0 bridgehead atoms. The van der Waals surface area contributed by atoms with Gasteiger partial charge in [0.05, 0.1) is 16.2 Å². The fourth-order valence-corrected chi connectivity index (χ4v) is 5.04. The Kier molecular flexibility index (Phi) is 5.71. The fraction of sp³-hybridized carbons (Fsp3) is 0.0952. The lowest BCUT2D eigenvalue weighted by Gasteiger charge is -2.11. The number of aromatic nitrogens is 2. The van der Waals surface area contributed by atoms with Gasteiger partial charge in [0.15, 0.2) is 0 Å². The third-order valence-corrected chi connectivity index (χ3v) is 6.83. The zero-order chi connectivity index (χ0) is 21.3. The highest BCUT2D eigenvalue weighted by Crippen LogP contribution is 2.32. The average molecular weight is 461 g/mol. The van der Waals surface area contributed by atoms with Crippen LogP contribution in [0.5, 0.6) is 0 Å². The van der Waals surface area contributed by atoms with Crippen molar-refractivity contribution in [2.45, 2.75) is 11.4 Å². The number of hydrogen-bond acceptors (Lipinski definition) is 5. The lowest BCUT2D eigenvalue weighted by molar-refractivity contribution is 0.588. The molecule has 9 heteroatoms. The number of nitrogens with one attached hydrogen (secondary N) is 2. The fourth-order valence-electron chi connectivity index (χ4n) is 3.23. The van der Waals surface area contributed by atoms with Gasteiger partial charge < -0.3 is 10.6 Å². The van der Waals surface area contributed by atoms with E-state index in [1.54, 1.807) is 36.5 Å². The SMILES string of the molecule is CNCc1cn(S(=O)(=O)c2cccnc2)c2cc(Nc3ccc(Cl)cc3Cl)ccc12. The second-order valence-corrected chi connectivity index (χ2v) is 9.31. The van der Waals surface area contributed by atoms with Gasteiger partial charge in [-0.3, -0.25) is 4.98 Å². The molecule has 2 aromatic heterocycles. The summed E-state index contributed by atoms with van der Waals surface area (Å²) in [7, 11) is -1.99. The molecular weight excluding hydrogens is 443 g/mol. The van der Waals surface area contributed by atoms with Gasteiger partial charge in [-0.2, -0.15) is 0 Å². The third-order valence-electron chi connectivity index (χ3n) is 4.62. The van der Waals surface area contributed by atoms with Crippen LogP contribution < -0.4 is 10.6 Å². The van der Waals surface area contributed by atoms with Gasteiger partial charge in [0.1, 0.15) is 4.90 Å². The van der Waals surface area contributed by atoms with Crippen molar-refractivity contribution in [1.82, 2.24) is 14.3 Å². The Hall–Kier alpha value is -2.58. The summed E-state index contributed by atoms with van der Waals surface area (Å²) in [4.78, 5) is 4.07. The van der Waals surface area contributed by atoms with Crippen LogP contribution in [0.4, 0.5) is 11.4 Å². The zero-order valence-electron chi connectivity index (χ0n) is 15.9. The summed E-state index contributed by atoms with van der Waals surface area (Å²) in [6.45, 7) is 0.530. The van der Waals surface area contributed by atoms with Crippen LogP contribution in [-0.4, -0.2) is 24.4 Å². The van der Waals surface area contributed by atoms with Crippen LogP contribution in [0.25, 0.3) is 10.9 Å². The van der Waals surface area contributed by atoms with Crippen LogP contribution in [0.3, 0.4) is 0 Å². The molecular formula is C21H18Cl2N4O2S. The third kappa shape index (κ3) is 3.89. The number of rotatable bonds is 6. The van der Waals surface area contributed by atoms with Gasteiger partial charge in [0.25, 0.3) is 10.0 Å². The van der Waals surface area contributed by atoms with Crippen LogP contribution in [0, 0.1) is 0 Å². The molecule has 154 valence electrons. The molecule has 0 aliphatic rings. The van der Waals surface area contributed by atoms with Crippen LogP contribution >= 0.6 is 23.2 Å². The van der Waals surface area contributed by atoms with Crippen molar-refractivity contribution in [1.29, 1.82) is 0 Å². The number of halogens is 2. The first-order valence-corrected chi connectivity index (χ1v) is 11.3. The summed E-state index contributed by atoms with van der Waals surface area (Å²) < 4.78 is 27.8. The molecule has 2 aromatic carbocycles. The van der Waals surface area contributed by atoms with E-state index in [1.165, 1.54) is 22.4 Å². The summed E-state index contributed by atoms with van der Waals surface area (Å²) in [6.07, 6.45) is 4.52. The quantitative estimate of drug-likeness (QED) is 0.421. The van der Waals surface area contributed by atoms with Gasteiger partial charge in [-0.25, -0.2) is 12.4 Å². The Morgan fingerprint density at radius 3 is 2.63 bits per heavy atom. The van der Waals surface area contributed by atoms with Crippen LogP contribution in [0.2, 0.25) is 10.0 Å². The van der Waals surface area contributed by atoms with Gasteiger partial charge in [0, 0.05) is 41.2 Å². The molecule has 0 atom stereocenters. The number of benzene rings is 2. The molecule has 4 aromatic rings. The predicted octanol–water partition coefficient (Wildman–Crippen LogP) is 5.04. The number of anilines is 2. The maximum Gasteiger partial charge on any atom is 0.269 e. The first-order valence-electron chi connectivity index (χ1n) is 9.06. The monoisotopic (exact) mass is 460 g/mol. The van der Waals surface area contributed by atoms with E-state index < -0.39 is 10.0 Å². The number of nitrogens with zero attached hydrogens (tertiary/aromatic N) is 2. The van der Waals surface area contributed by atoms with Crippen LogP contribution in [0.15, 0.2) is 72.0 Å². The van der Waals surface area contributed by atoms with Crippen molar-refractivity contribution >= 4 is 55.5 Å². The van der Waals surface area contributed by atoms with E-state index in [4.69, 9.17) is 23.2 Å². The van der Waals surface area contributed by atoms with Crippen LogP contribution in [0.1, 0.15) is 5.56 Å². The Morgan fingerprint density at radius 2 is 1.93 bits per heavy atom. The summed E-state index contributed by atoms with van der Waals surface area (Å²) in [5.41, 5.74) is 2.79. The van der Waals surface area contributed by atoms with Crippen LogP contribution in [-0.2, 0) is 16.6 Å². The molecule has 4 rings (SSSR count). The van der Waals surface area contributed by atoms with E-state index >= 15 is 0 Å². The zero-order valence-corrected chi connectivity index (χ0v) is 18.3. The topological polar surface area (TPSA) is 76.0 Å². The normalized spacial score (nSPS) is 11.7. The van der Waals surface area contributed by atoms with Crippen molar-refractivity contribution in [3.63, 3.8) is 0 Å². The van der Waals surface area contributed by atoms with E-state index in [-0.39, 0.29) is 4.90 Å². The summed E-state index contributed by atoms with van der Waals surface area (Å²) in [5.74, 6) is 0. The van der Waals surface area contributed by atoms with Gasteiger partial charge in [-0.1, -0.05) is 29.3 Å². The van der Waals surface area contributed by atoms with E-state index in [1.807, 2.05) is 19.2 Å². The number of fused-ring (bicyclic) bond motifs is 1. The molecule has 30 heavy (non-hydrogen) atoms. The molecule has 0 fully saturated rings. The standard InChI is InChI=1S/C21H18Cl2N4O2S/c1-24-11-14-13-27(30(28,29)17-3-2-8-25-12-17)21-10-16(5-6-18(14)21)26-20-7-4-15(22)9-19(20)23/h2-10,12-13,24,26H,11H2,1H3. The Balaban J connectivity index is 1.85. The van der Waals surface area contributed by atoms with E-state index in [0.29, 0.717) is 33.5 Å². The molecule has 0 amide bonds. The van der Waals surface area contributed by atoms with E-state index in [9.17, 15) is 8.42 Å². The summed E-state index contributed by atoms with van der Waals surface area (Å²) in [5, 5.41) is 8.15. The molecule has 0 spiro atoms. The number of pyridine rings is 1. The summed E-state index contributed by atoms with van der Waals surface area (Å²) >= 11 is 12.2. The first kappa shape index (κ1) is 20.7.